The normalized spacial score (nSPS) is 26.6. The molecule has 0 heterocycles. The van der Waals surface area contributed by atoms with Gasteiger partial charge in [0.15, 0.2) is 0 Å². The molecule has 5 heteroatoms. The van der Waals surface area contributed by atoms with Crippen molar-refractivity contribution >= 4 is 29.3 Å². The summed E-state index contributed by atoms with van der Waals surface area (Å²) in [6.45, 7) is 0. The van der Waals surface area contributed by atoms with Crippen LogP contribution in [-0.2, 0) is 9.59 Å². The number of carbonyl (C=O) groups is 2. The first-order valence-electron chi connectivity index (χ1n) is 8.99. The Hall–Kier alpha value is -2.27. The molecule has 0 aliphatic heterocycles. The van der Waals surface area contributed by atoms with Gasteiger partial charge in [-0.15, -0.1) is 0 Å². The quantitative estimate of drug-likeness (QED) is 0.815. The summed E-state index contributed by atoms with van der Waals surface area (Å²) in [5.74, 6) is -1.57. The van der Waals surface area contributed by atoms with Gasteiger partial charge in [0.1, 0.15) is 0 Å². The summed E-state index contributed by atoms with van der Waals surface area (Å²) < 4.78 is 0. The highest BCUT2D eigenvalue weighted by molar-refractivity contribution is 7.99. The van der Waals surface area contributed by atoms with E-state index in [1.165, 1.54) is 0 Å². The zero-order valence-corrected chi connectivity index (χ0v) is 15.1. The summed E-state index contributed by atoms with van der Waals surface area (Å²) in [7, 11) is 0. The monoisotopic (exact) mass is 367 g/mol. The number of rotatable bonds is 5. The second-order valence-corrected chi connectivity index (χ2v) is 8.24. The molecule has 0 aromatic heterocycles. The Balaban J connectivity index is 1.54. The first kappa shape index (κ1) is 17.2. The molecule has 2 aromatic carbocycles. The number of hydrogen-bond acceptors (Lipinski definition) is 3. The Morgan fingerprint density at radius 1 is 0.923 bits per heavy atom. The van der Waals surface area contributed by atoms with Gasteiger partial charge in [-0.05, 0) is 55.4 Å². The minimum Gasteiger partial charge on any atom is -0.481 e. The Bertz CT molecular complexity index is 823. The molecule has 4 atom stereocenters. The van der Waals surface area contributed by atoms with Crippen LogP contribution < -0.4 is 5.32 Å². The smallest absolute Gasteiger partial charge is 0.307 e. The van der Waals surface area contributed by atoms with Gasteiger partial charge >= 0.3 is 5.97 Å². The third kappa shape index (κ3) is 3.23. The van der Waals surface area contributed by atoms with Crippen LogP contribution >= 0.6 is 11.8 Å². The van der Waals surface area contributed by atoms with E-state index in [2.05, 4.69) is 5.32 Å². The van der Waals surface area contributed by atoms with E-state index in [0.717, 1.165) is 34.7 Å². The predicted octanol–water partition coefficient (Wildman–Crippen LogP) is 4.52. The van der Waals surface area contributed by atoms with Gasteiger partial charge < -0.3 is 10.4 Å². The summed E-state index contributed by atoms with van der Waals surface area (Å²) in [4.78, 5) is 26.7. The highest BCUT2D eigenvalue weighted by Crippen LogP contribution is 2.52. The van der Waals surface area contributed by atoms with E-state index in [1.807, 2.05) is 54.6 Å². The van der Waals surface area contributed by atoms with Gasteiger partial charge in [0, 0.05) is 9.79 Å². The Morgan fingerprint density at radius 2 is 1.58 bits per heavy atom. The van der Waals surface area contributed by atoms with Crippen LogP contribution in [0.25, 0.3) is 0 Å². The summed E-state index contributed by atoms with van der Waals surface area (Å²) in [6.07, 6.45) is 2.77. The number of para-hydroxylation sites is 1. The van der Waals surface area contributed by atoms with Crippen LogP contribution in [0, 0.1) is 23.7 Å². The van der Waals surface area contributed by atoms with E-state index in [1.54, 1.807) is 11.8 Å². The molecule has 4 rings (SSSR count). The number of carbonyl (C=O) groups excluding carboxylic acids is 1. The molecule has 0 spiro atoms. The maximum absolute atomic E-state index is 12.9. The number of fused-ring (bicyclic) bond motifs is 2. The summed E-state index contributed by atoms with van der Waals surface area (Å²) >= 11 is 1.59. The number of carboxylic acids is 1. The molecule has 2 bridgehead atoms. The van der Waals surface area contributed by atoms with Crippen LogP contribution in [0.5, 0.6) is 0 Å². The lowest BCUT2D eigenvalue weighted by molar-refractivity contribution is -0.148. The van der Waals surface area contributed by atoms with Gasteiger partial charge in [-0.3, -0.25) is 9.59 Å². The van der Waals surface area contributed by atoms with Gasteiger partial charge in [-0.2, -0.15) is 0 Å². The maximum atomic E-state index is 12.9. The van der Waals surface area contributed by atoms with Gasteiger partial charge in [-0.25, -0.2) is 0 Å². The third-order valence-electron chi connectivity index (χ3n) is 5.62. The van der Waals surface area contributed by atoms with Gasteiger partial charge in [0.25, 0.3) is 0 Å². The number of carboxylic acid groups (broad SMARTS) is 1. The molecular weight excluding hydrogens is 346 g/mol. The van der Waals surface area contributed by atoms with Gasteiger partial charge in [-0.1, -0.05) is 42.1 Å². The minimum absolute atomic E-state index is 0.147. The Kier molecular flexibility index (Phi) is 4.72. The van der Waals surface area contributed by atoms with E-state index in [4.69, 9.17) is 0 Å². The van der Waals surface area contributed by atoms with E-state index in [9.17, 15) is 14.7 Å². The molecule has 0 unspecified atom stereocenters. The van der Waals surface area contributed by atoms with Crippen molar-refractivity contribution in [1.82, 2.24) is 0 Å². The summed E-state index contributed by atoms with van der Waals surface area (Å²) in [6, 6.07) is 17.7. The van der Waals surface area contributed by atoms with Crippen LogP contribution in [-0.4, -0.2) is 17.0 Å². The van der Waals surface area contributed by atoms with Crippen molar-refractivity contribution in [1.29, 1.82) is 0 Å². The summed E-state index contributed by atoms with van der Waals surface area (Å²) in [5, 5.41) is 12.6. The average Bonchev–Trinajstić information content (AvgIpc) is 3.25. The highest BCUT2D eigenvalue weighted by atomic mass is 32.2. The number of nitrogens with one attached hydrogen (secondary N) is 1. The Morgan fingerprint density at radius 3 is 2.31 bits per heavy atom. The molecule has 0 radical (unpaired) electrons. The molecule has 1 amide bonds. The van der Waals surface area contributed by atoms with Crippen molar-refractivity contribution in [3.8, 4) is 0 Å². The van der Waals surface area contributed by atoms with Crippen LogP contribution in [0.4, 0.5) is 5.69 Å². The third-order valence-corrected chi connectivity index (χ3v) is 6.70. The van der Waals surface area contributed by atoms with E-state index in [-0.39, 0.29) is 17.7 Å². The van der Waals surface area contributed by atoms with Crippen LogP contribution in [0.3, 0.4) is 0 Å². The molecule has 2 fully saturated rings. The second-order valence-electron chi connectivity index (χ2n) is 7.12. The van der Waals surface area contributed by atoms with Gasteiger partial charge in [0.2, 0.25) is 5.91 Å². The second kappa shape index (κ2) is 7.16. The lowest BCUT2D eigenvalue weighted by atomic mass is 9.78. The number of aliphatic carboxylic acids is 1. The molecule has 2 N–H and O–H groups in total. The van der Waals surface area contributed by atoms with Crippen molar-refractivity contribution in [2.45, 2.75) is 29.1 Å². The van der Waals surface area contributed by atoms with Crippen molar-refractivity contribution in [3.05, 3.63) is 54.6 Å². The average molecular weight is 367 g/mol. The molecule has 0 saturated heterocycles. The van der Waals surface area contributed by atoms with Crippen molar-refractivity contribution in [3.63, 3.8) is 0 Å². The SMILES string of the molecule is O=C(O)[C@H]1[C@H]2CC[C@H](C2)[C@@H]1C(=O)Nc1ccccc1Sc1ccccc1. The number of hydrogen-bond donors (Lipinski definition) is 2. The number of amides is 1. The molecule has 2 saturated carbocycles. The predicted molar refractivity (Wildman–Crippen MR) is 101 cm³/mol. The largest absolute Gasteiger partial charge is 0.481 e. The zero-order chi connectivity index (χ0) is 18.1. The molecule has 2 aliphatic rings. The number of anilines is 1. The van der Waals surface area contributed by atoms with E-state index < -0.39 is 17.8 Å². The molecular formula is C21H21NO3S. The topological polar surface area (TPSA) is 66.4 Å². The Labute approximate surface area is 157 Å². The standard InChI is InChI=1S/C21H21NO3S/c23-20(18-13-10-11-14(12-13)19(18)21(24)25)22-16-8-4-5-9-17(16)26-15-6-2-1-3-7-15/h1-9,13-14,18-19H,10-12H2,(H,22,23)(H,24,25)/t13-,14+,18+,19+/m1/s1. The fraction of sp³-hybridized carbons (Fsp3) is 0.333. The van der Waals surface area contributed by atoms with Crippen LogP contribution in [0.1, 0.15) is 19.3 Å². The lowest BCUT2D eigenvalue weighted by Crippen LogP contribution is -2.37. The molecule has 2 aromatic rings. The first-order chi connectivity index (χ1) is 12.6. The molecule has 26 heavy (non-hydrogen) atoms. The highest BCUT2D eigenvalue weighted by Gasteiger charge is 2.54. The minimum atomic E-state index is -0.829. The maximum Gasteiger partial charge on any atom is 0.307 e. The lowest BCUT2D eigenvalue weighted by Gasteiger charge is -2.27. The summed E-state index contributed by atoms with van der Waals surface area (Å²) in [5.41, 5.74) is 0.748. The molecule has 4 nitrogen and oxygen atoms in total. The zero-order valence-electron chi connectivity index (χ0n) is 14.3. The molecule has 134 valence electrons. The van der Waals surface area contributed by atoms with E-state index >= 15 is 0 Å². The van der Waals surface area contributed by atoms with Crippen LogP contribution in [0.15, 0.2) is 64.4 Å². The van der Waals surface area contributed by atoms with E-state index in [0.29, 0.717) is 0 Å². The van der Waals surface area contributed by atoms with Crippen molar-refractivity contribution in [2.24, 2.45) is 23.7 Å². The fourth-order valence-corrected chi connectivity index (χ4v) is 5.44. The first-order valence-corrected chi connectivity index (χ1v) is 9.80. The number of benzene rings is 2. The molecule has 2 aliphatic carbocycles. The van der Waals surface area contributed by atoms with Crippen molar-refractivity contribution < 1.29 is 14.7 Å². The van der Waals surface area contributed by atoms with Crippen molar-refractivity contribution in [2.75, 3.05) is 5.32 Å². The van der Waals surface area contributed by atoms with Gasteiger partial charge in [0.05, 0.1) is 17.5 Å². The fourth-order valence-electron chi connectivity index (χ4n) is 4.51. The van der Waals surface area contributed by atoms with Crippen LogP contribution in [0.2, 0.25) is 0 Å².